The topological polar surface area (TPSA) is 73.6 Å². The van der Waals surface area contributed by atoms with Crippen molar-refractivity contribution in [3.8, 4) is 11.3 Å². The molecule has 5 nitrogen and oxygen atoms in total. The van der Waals surface area contributed by atoms with E-state index in [9.17, 15) is 4.79 Å². The van der Waals surface area contributed by atoms with Gasteiger partial charge in [-0.05, 0) is 54.7 Å². The molecule has 0 bridgehead atoms. The van der Waals surface area contributed by atoms with Crippen LogP contribution in [-0.4, -0.2) is 21.1 Å². The van der Waals surface area contributed by atoms with Crippen LogP contribution in [0.1, 0.15) is 28.7 Å². The lowest BCUT2D eigenvalue weighted by Crippen LogP contribution is -2.22. The number of hydrogen-bond acceptors (Lipinski definition) is 2. The number of H-pyrrole nitrogens is 2. The second kappa shape index (κ2) is 7.72. The van der Waals surface area contributed by atoms with E-state index < -0.39 is 0 Å². The van der Waals surface area contributed by atoms with Crippen molar-refractivity contribution in [1.82, 2.24) is 20.5 Å². The molecule has 2 aromatic carbocycles. The van der Waals surface area contributed by atoms with E-state index in [-0.39, 0.29) is 5.91 Å². The first-order valence-electron chi connectivity index (χ1n) is 9.53. The minimum Gasteiger partial charge on any atom is -0.354 e. The molecule has 0 unspecified atom stereocenters. The summed E-state index contributed by atoms with van der Waals surface area (Å²) in [6, 6.07) is 14.7. The molecule has 1 amide bonds. The number of carbonyl (C=O) groups is 1. The van der Waals surface area contributed by atoms with Crippen LogP contribution >= 0.6 is 0 Å². The first-order valence-corrected chi connectivity index (χ1v) is 9.53. The summed E-state index contributed by atoms with van der Waals surface area (Å²) in [6.07, 6.45) is 4.73. The third-order valence-electron chi connectivity index (χ3n) is 5.22. The molecule has 0 saturated heterocycles. The molecule has 4 aromatic rings. The number of carbonyl (C=O) groups excluding carboxylic acids is 1. The van der Waals surface area contributed by atoms with Crippen LogP contribution in [0.5, 0.6) is 0 Å². The Labute approximate surface area is 164 Å². The summed E-state index contributed by atoms with van der Waals surface area (Å²) in [6.45, 7) is 4.81. The Morgan fingerprint density at radius 2 is 1.96 bits per heavy atom. The molecule has 5 heteroatoms. The average molecular weight is 372 g/mol. The van der Waals surface area contributed by atoms with Gasteiger partial charge in [0.15, 0.2) is 0 Å². The minimum atomic E-state index is 0.0488. The zero-order valence-corrected chi connectivity index (χ0v) is 16.2. The summed E-state index contributed by atoms with van der Waals surface area (Å²) in [5, 5.41) is 10.9. The van der Waals surface area contributed by atoms with E-state index >= 15 is 0 Å². The lowest BCUT2D eigenvalue weighted by atomic mass is 10.0. The maximum Gasteiger partial charge on any atom is 0.220 e. The van der Waals surface area contributed by atoms with Crippen LogP contribution in [0.25, 0.3) is 22.2 Å². The second-order valence-electron chi connectivity index (χ2n) is 7.20. The Kier molecular flexibility index (Phi) is 4.98. The SMILES string of the molecule is Cc1ccccc1-c1[nH]c2ccc(CNC(=O)CCc3cn[nH]c3)cc2c1C. The summed E-state index contributed by atoms with van der Waals surface area (Å²) in [4.78, 5) is 15.7. The number of rotatable bonds is 6. The van der Waals surface area contributed by atoms with E-state index in [1.807, 2.05) is 6.20 Å². The molecular formula is C23H24N4O. The van der Waals surface area contributed by atoms with Gasteiger partial charge in [0.25, 0.3) is 0 Å². The predicted octanol–water partition coefficient (Wildman–Crippen LogP) is 4.42. The van der Waals surface area contributed by atoms with Crippen molar-refractivity contribution < 1.29 is 4.79 Å². The monoisotopic (exact) mass is 372 g/mol. The normalized spacial score (nSPS) is 11.1. The molecule has 2 aromatic heterocycles. The molecule has 2 heterocycles. The van der Waals surface area contributed by atoms with Gasteiger partial charge in [-0.15, -0.1) is 0 Å². The van der Waals surface area contributed by atoms with Crippen molar-refractivity contribution in [3.05, 3.63) is 77.1 Å². The van der Waals surface area contributed by atoms with Crippen LogP contribution in [-0.2, 0) is 17.8 Å². The first-order chi connectivity index (χ1) is 13.6. The van der Waals surface area contributed by atoms with Gasteiger partial charge >= 0.3 is 0 Å². The van der Waals surface area contributed by atoms with Crippen LogP contribution in [0.3, 0.4) is 0 Å². The number of aromatic nitrogens is 3. The third-order valence-corrected chi connectivity index (χ3v) is 5.22. The molecule has 0 aliphatic rings. The fraction of sp³-hybridized carbons (Fsp3) is 0.217. The van der Waals surface area contributed by atoms with Crippen molar-refractivity contribution in [1.29, 1.82) is 0 Å². The number of benzene rings is 2. The van der Waals surface area contributed by atoms with E-state index in [2.05, 4.69) is 76.8 Å². The van der Waals surface area contributed by atoms with Gasteiger partial charge in [0.2, 0.25) is 5.91 Å². The maximum atomic E-state index is 12.1. The van der Waals surface area contributed by atoms with Crippen LogP contribution in [0.2, 0.25) is 0 Å². The number of aryl methyl sites for hydroxylation is 3. The number of hydrogen-bond donors (Lipinski definition) is 3. The highest BCUT2D eigenvalue weighted by Crippen LogP contribution is 2.31. The Hall–Kier alpha value is -3.34. The van der Waals surface area contributed by atoms with Crippen LogP contribution < -0.4 is 5.32 Å². The number of aromatic amines is 2. The largest absolute Gasteiger partial charge is 0.354 e. The molecule has 3 N–H and O–H groups in total. The van der Waals surface area contributed by atoms with Gasteiger partial charge in [-0.25, -0.2) is 0 Å². The summed E-state index contributed by atoms with van der Waals surface area (Å²) in [5.74, 6) is 0.0488. The Morgan fingerprint density at radius 1 is 1.11 bits per heavy atom. The number of amides is 1. The summed E-state index contributed by atoms with van der Waals surface area (Å²) in [7, 11) is 0. The molecule has 0 aliphatic heterocycles. The van der Waals surface area contributed by atoms with Gasteiger partial charge in [0, 0.05) is 41.3 Å². The van der Waals surface area contributed by atoms with Crippen molar-refractivity contribution >= 4 is 16.8 Å². The molecule has 0 fully saturated rings. The van der Waals surface area contributed by atoms with E-state index in [4.69, 9.17) is 0 Å². The van der Waals surface area contributed by atoms with Crippen molar-refractivity contribution in [2.75, 3.05) is 0 Å². The predicted molar refractivity (Wildman–Crippen MR) is 112 cm³/mol. The minimum absolute atomic E-state index is 0.0488. The summed E-state index contributed by atoms with van der Waals surface area (Å²) >= 11 is 0. The number of fused-ring (bicyclic) bond motifs is 1. The lowest BCUT2D eigenvalue weighted by Gasteiger charge is -2.06. The Morgan fingerprint density at radius 3 is 2.75 bits per heavy atom. The molecule has 4 rings (SSSR count). The molecule has 28 heavy (non-hydrogen) atoms. The number of nitrogens with one attached hydrogen (secondary N) is 3. The smallest absolute Gasteiger partial charge is 0.220 e. The Balaban J connectivity index is 1.48. The first kappa shape index (κ1) is 18.0. The quantitative estimate of drug-likeness (QED) is 0.469. The average Bonchev–Trinajstić information content (AvgIpc) is 3.33. The zero-order chi connectivity index (χ0) is 19.5. The highest BCUT2D eigenvalue weighted by atomic mass is 16.1. The standard InChI is InChI=1S/C23H24N4O/c1-15-5-3-4-6-19(15)23-16(2)20-11-17(7-9-21(20)27-23)12-24-22(28)10-8-18-13-25-26-14-18/h3-7,9,11,13-14,27H,8,10,12H2,1-2H3,(H,24,28)(H,25,26). The lowest BCUT2D eigenvalue weighted by molar-refractivity contribution is -0.121. The van der Waals surface area contributed by atoms with Gasteiger partial charge in [-0.2, -0.15) is 5.10 Å². The van der Waals surface area contributed by atoms with E-state index in [1.54, 1.807) is 6.20 Å². The molecule has 0 atom stereocenters. The fourth-order valence-corrected chi connectivity index (χ4v) is 3.57. The second-order valence-corrected chi connectivity index (χ2v) is 7.20. The van der Waals surface area contributed by atoms with Crippen molar-refractivity contribution in [2.45, 2.75) is 33.2 Å². The highest BCUT2D eigenvalue weighted by molar-refractivity contribution is 5.91. The molecule has 0 aliphatic carbocycles. The summed E-state index contributed by atoms with van der Waals surface area (Å²) < 4.78 is 0. The van der Waals surface area contributed by atoms with E-state index in [0.717, 1.165) is 22.3 Å². The van der Waals surface area contributed by atoms with Gasteiger partial charge in [0.1, 0.15) is 0 Å². The van der Waals surface area contributed by atoms with E-state index in [0.29, 0.717) is 19.4 Å². The Bertz CT molecular complexity index is 1110. The van der Waals surface area contributed by atoms with Gasteiger partial charge in [-0.3, -0.25) is 9.89 Å². The van der Waals surface area contributed by atoms with Crippen molar-refractivity contribution in [2.24, 2.45) is 0 Å². The van der Waals surface area contributed by atoms with Gasteiger partial charge in [0.05, 0.1) is 6.20 Å². The molecule has 142 valence electrons. The number of nitrogens with zero attached hydrogens (tertiary/aromatic N) is 1. The fourth-order valence-electron chi connectivity index (χ4n) is 3.57. The molecule has 0 radical (unpaired) electrons. The van der Waals surface area contributed by atoms with Crippen LogP contribution in [0, 0.1) is 13.8 Å². The van der Waals surface area contributed by atoms with Crippen LogP contribution in [0.4, 0.5) is 0 Å². The van der Waals surface area contributed by atoms with Crippen molar-refractivity contribution in [3.63, 3.8) is 0 Å². The maximum absolute atomic E-state index is 12.1. The highest BCUT2D eigenvalue weighted by Gasteiger charge is 2.12. The van der Waals surface area contributed by atoms with Gasteiger partial charge < -0.3 is 10.3 Å². The molecule has 0 saturated carbocycles. The molecule has 0 spiro atoms. The van der Waals surface area contributed by atoms with Gasteiger partial charge in [-0.1, -0.05) is 30.3 Å². The third kappa shape index (κ3) is 3.69. The molecular weight excluding hydrogens is 348 g/mol. The van der Waals surface area contributed by atoms with E-state index in [1.165, 1.54) is 22.1 Å². The summed E-state index contributed by atoms with van der Waals surface area (Å²) in [5.41, 5.74) is 8.14. The zero-order valence-electron chi connectivity index (χ0n) is 16.2. The van der Waals surface area contributed by atoms with Crippen LogP contribution in [0.15, 0.2) is 54.9 Å².